The fourth-order valence-corrected chi connectivity index (χ4v) is 2.94. The van der Waals surface area contributed by atoms with Crippen LogP contribution >= 0.6 is 0 Å². The van der Waals surface area contributed by atoms with Crippen molar-refractivity contribution in [2.24, 2.45) is 0 Å². The van der Waals surface area contributed by atoms with Crippen LogP contribution in [0.25, 0.3) is 0 Å². The molecule has 128 valence electrons. The number of ether oxygens (including phenoxy) is 1. The molecule has 24 heavy (non-hydrogen) atoms. The average Bonchev–Trinajstić information content (AvgIpc) is 2.45. The molecule has 1 heterocycles. The molecule has 0 aliphatic rings. The number of hydrogen-bond acceptors (Lipinski definition) is 5. The quantitative estimate of drug-likeness (QED) is 0.838. The lowest BCUT2D eigenvalue weighted by molar-refractivity contribution is -0.274. The maximum Gasteiger partial charge on any atom is 0.573 e. The first kappa shape index (κ1) is 17.7. The smallest absolute Gasteiger partial charge is 0.477 e. The molecule has 0 saturated carbocycles. The summed E-state index contributed by atoms with van der Waals surface area (Å²) in [5.74, 6) is -3.77. The van der Waals surface area contributed by atoms with Gasteiger partial charge in [-0.05, 0) is 24.3 Å². The van der Waals surface area contributed by atoms with Crippen molar-refractivity contribution < 1.29 is 40.6 Å². The van der Waals surface area contributed by atoms with Crippen LogP contribution in [0.1, 0.15) is 10.5 Å². The summed E-state index contributed by atoms with van der Waals surface area (Å²) in [6.45, 7) is 0. The molecule has 0 radical (unpaired) electrons. The van der Waals surface area contributed by atoms with Gasteiger partial charge in [-0.1, -0.05) is 0 Å². The minimum atomic E-state index is -5.05. The number of benzene rings is 1. The lowest BCUT2D eigenvalue weighted by Gasteiger charge is -2.10. The Bertz CT molecular complexity index is 878. The number of pyridine rings is 1. The predicted octanol–water partition coefficient (Wildman–Crippen LogP) is 2.65. The van der Waals surface area contributed by atoms with Crippen LogP contribution in [0.15, 0.2) is 46.3 Å². The first-order valence-electron chi connectivity index (χ1n) is 6.00. The van der Waals surface area contributed by atoms with Crippen LogP contribution in [-0.2, 0) is 9.84 Å². The van der Waals surface area contributed by atoms with E-state index in [9.17, 15) is 30.8 Å². The van der Waals surface area contributed by atoms with Gasteiger partial charge in [0, 0.05) is 12.3 Å². The summed E-state index contributed by atoms with van der Waals surface area (Å²) in [5, 5.41) is 8.69. The molecular weight excluding hydrogens is 358 g/mol. The minimum Gasteiger partial charge on any atom is -0.477 e. The number of sulfone groups is 1. The summed E-state index contributed by atoms with van der Waals surface area (Å²) < 4.78 is 78.0. The zero-order valence-corrected chi connectivity index (χ0v) is 12.2. The van der Waals surface area contributed by atoms with Gasteiger partial charge in [0.25, 0.3) is 0 Å². The van der Waals surface area contributed by atoms with E-state index in [0.717, 1.165) is 12.1 Å². The van der Waals surface area contributed by atoms with E-state index in [1.165, 1.54) is 0 Å². The Labute approximate surface area is 132 Å². The summed E-state index contributed by atoms with van der Waals surface area (Å²) >= 11 is 0. The average molecular weight is 365 g/mol. The van der Waals surface area contributed by atoms with E-state index < -0.39 is 49.2 Å². The van der Waals surface area contributed by atoms with Gasteiger partial charge in [0.15, 0.2) is 0 Å². The predicted molar refractivity (Wildman–Crippen MR) is 69.7 cm³/mol. The molecule has 0 atom stereocenters. The number of nitrogens with zero attached hydrogens (tertiary/aromatic N) is 1. The van der Waals surface area contributed by atoms with Crippen LogP contribution in [-0.4, -0.2) is 30.8 Å². The first-order chi connectivity index (χ1) is 11.0. The summed E-state index contributed by atoms with van der Waals surface area (Å²) in [6.07, 6.45) is -4.35. The first-order valence-corrected chi connectivity index (χ1v) is 7.49. The van der Waals surface area contributed by atoms with Gasteiger partial charge in [0.05, 0.1) is 4.90 Å². The Balaban J connectivity index is 2.40. The van der Waals surface area contributed by atoms with Crippen molar-refractivity contribution in [3.05, 3.63) is 48.0 Å². The zero-order chi connectivity index (χ0) is 18.1. The van der Waals surface area contributed by atoms with Gasteiger partial charge in [-0.25, -0.2) is 22.6 Å². The van der Waals surface area contributed by atoms with Crippen LogP contribution in [0.4, 0.5) is 17.6 Å². The van der Waals surface area contributed by atoms with E-state index in [2.05, 4.69) is 9.72 Å². The van der Waals surface area contributed by atoms with Crippen LogP contribution in [0.2, 0.25) is 0 Å². The molecule has 0 unspecified atom stereocenters. The molecule has 0 aliphatic heterocycles. The molecule has 1 aromatic carbocycles. The van der Waals surface area contributed by atoms with Crippen molar-refractivity contribution in [1.82, 2.24) is 4.98 Å². The van der Waals surface area contributed by atoms with Gasteiger partial charge in [0.1, 0.15) is 22.2 Å². The van der Waals surface area contributed by atoms with Crippen molar-refractivity contribution in [2.75, 3.05) is 0 Å². The second-order valence-corrected chi connectivity index (χ2v) is 6.25. The van der Waals surface area contributed by atoms with E-state index in [4.69, 9.17) is 5.11 Å². The topological polar surface area (TPSA) is 93.6 Å². The minimum absolute atomic E-state index is 0.277. The maximum atomic E-state index is 13.9. The molecule has 0 amide bonds. The highest BCUT2D eigenvalue weighted by atomic mass is 32.2. The Hall–Kier alpha value is -2.69. The van der Waals surface area contributed by atoms with E-state index in [0.29, 0.717) is 18.3 Å². The Kier molecular flexibility index (Phi) is 4.47. The van der Waals surface area contributed by atoms with Crippen molar-refractivity contribution in [1.29, 1.82) is 0 Å². The number of aromatic carboxylic acids is 1. The second-order valence-electron chi connectivity index (χ2n) is 4.33. The van der Waals surface area contributed by atoms with Crippen LogP contribution in [0, 0.1) is 5.82 Å². The lowest BCUT2D eigenvalue weighted by atomic mass is 10.3. The molecule has 0 bridgehead atoms. The number of carboxylic acids is 1. The number of hydrogen-bond donors (Lipinski definition) is 1. The number of alkyl halides is 3. The zero-order valence-electron chi connectivity index (χ0n) is 11.4. The number of halogens is 4. The van der Waals surface area contributed by atoms with Crippen LogP contribution < -0.4 is 4.74 Å². The molecule has 0 spiro atoms. The van der Waals surface area contributed by atoms with Gasteiger partial charge < -0.3 is 9.84 Å². The third-order valence-electron chi connectivity index (χ3n) is 2.69. The Morgan fingerprint density at radius 3 is 2.29 bits per heavy atom. The molecule has 11 heteroatoms. The molecule has 0 fully saturated rings. The van der Waals surface area contributed by atoms with Gasteiger partial charge >= 0.3 is 12.3 Å². The van der Waals surface area contributed by atoms with Crippen molar-refractivity contribution in [3.63, 3.8) is 0 Å². The van der Waals surface area contributed by atoms with Crippen molar-refractivity contribution >= 4 is 15.8 Å². The maximum absolute atomic E-state index is 13.9. The highest BCUT2D eigenvalue weighted by Crippen LogP contribution is 2.29. The van der Waals surface area contributed by atoms with Crippen LogP contribution in [0.3, 0.4) is 0 Å². The fourth-order valence-electron chi connectivity index (χ4n) is 1.69. The summed E-state index contributed by atoms with van der Waals surface area (Å²) in [7, 11) is -4.44. The number of carbonyl (C=O) groups is 1. The molecule has 6 nitrogen and oxygen atoms in total. The number of carboxylic acid groups (broad SMARTS) is 1. The SMILES string of the molecule is O=C(O)c1ccc(S(=O)(=O)c2ccc(OC(F)(F)F)cc2F)cn1. The Morgan fingerprint density at radius 2 is 1.83 bits per heavy atom. The van der Waals surface area contributed by atoms with E-state index >= 15 is 0 Å². The van der Waals surface area contributed by atoms with E-state index in [1.54, 1.807) is 0 Å². The summed E-state index contributed by atoms with van der Waals surface area (Å²) in [5.41, 5.74) is -0.427. The largest absolute Gasteiger partial charge is 0.573 e. The van der Waals surface area contributed by atoms with Gasteiger partial charge in [-0.15, -0.1) is 13.2 Å². The number of aromatic nitrogens is 1. The molecule has 0 saturated heterocycles. The van der Waals surface area contributed by atoms with Crippen molar-refractivity contribution in [2.45, 2.75) is 16.2 Å². The summed E-state index contributed by atoms with van der Waals surface area (Å²) in [4.78, 5) is 12.6. The standard InChI is InChI=1S/C13H7F4NO5S/c14-9-5-7(23-13(15,16)17)1-4-11(9)24(21,22)8-2-3-10(12(19)20)18-6-8/h1-6H,(H,19,20). The van der Waals surface area contributed by atoms with Gasteiger partial charge in [0.2, 0.25) is 9.84 Å². The normalized spacial score (nSPS) is 12.0. The van der Waals surface area contributed by atoms with E-state index in [1.807, 2.05) is 0 Å². The van der Waals surface area contributed by atoms with Crippen molar-refractivity contribution in [3.8, 4) is 5.75 Å². The molecule has 2 rings (SSSR count). The highest BCUT2D eigenvalue weighted by molar-refractivity contribution is 7.91. The third-order valence-corrected chi connectivity index (χ3v) is 4.46. The second kappa shape index (κ2) is 6.07. The molecule has 1 aromatic heterocycles. The fraction of sp³-hybridized carbons (Fsp3) is 0.0769. The Morgan fingerprint density at radius 1 is 1.17 bits per heavy atom. The highest BCUT2D eigenvalue weighted by Gasteiger charge is 2.32. The van der Waals surface area contributed by atoms with Gasteiger partial charge in [-0.3, -0.25) is 0 Å². The molecule has 1 N–H and O–H groups in total. The third kappa shape index (κ3) is 3.79. The monoisotopic (exact) mass is 365 g/mol. The number of rotatable bonds is 4. The van der Waals surface area contributed by atoms with Crippen LogP contribution in [0.5, 0.6) is 5.75 Å². The summed E-state index contributed by atoms with van der Waals surface area (Å²) in [6, 6.07) is 3.32. The molecule has 2 aromatic rings. The molecule has 0 aliphatic carbocycles. The van der Waals surface area contributed by atoms with E-state index in [-0.39, 0.29) is 6.07 Å². The lowest BCUT2D eigenvalue weighted by Crippen LogP contribution is -2.17. The molecular formula is C13H7F4NO5S. The van der Waals surface area contributed by atoms with Gasteiger partial charge in [-0.2, -0.15) is 0 Å².